The molecule has 0 bridgehead atoms. The Morgan fingerprint density at radius 2 is 1.82 bits per heavy atom. The number of likely N-dealkylation sites (tertiary alicyclic amines) is 1. The van der Waals surface area contributed by atoms with Gasteiger partial charge in [0.25, 0.3) is 0 Å². The second-order valence-electron chi connectivity index (χ2n) is 5.55. The summed E-state index contributed by atoms with van der Waals surface area (Å²) in [6.45, 7) is 6.04. The molecule has 1 saturated heterocycles. The Kier molecular flexibility index (Phi) is 2.74. The van der Waals surface area contributed by atoms with Crippen molar-refractivity contribution < 1.29 is 9.90 Å². The van der Waals surface area contributed by atoms with E-state index >= 15 is 0 Å². The monoisotopic (exact) mass is 233 g/mol. The maximum atomic E-state index is 12.0. The maximum Gasteiger partial charge on any atom is 0.225 e. The fraction of sp³-hybridized carbons (Fsp3) is 0.500. The van der Waals surface area contributed by atoms with E-state index in [-0.39, 0.29) is 5.91 Å². The third-order valence-corrected chi connectivity index (χ3v) is 3.89. The average Bonchev–Trinajstić information content (AvgIpc) is 2.39. The van der Waals surface area contributed by atoms with E-state index in [1.807, 2.05) is 44.2 Å². The number of amides is 1. The van der Waals surface area contributed by atoms with Gasteiger partial charge in [-0.05, 0) is 12.5 Å². The van der Waals surface area contributed by atoms with Gasteiger partial charge in [-0.1, -0.05) is 44.2 Å². The second kappa shape index (κ2) is 3.84. The van der Waals surface area contributed by atoms with Crippen molar-refractivity contribution in [2.24, 2.45) is 5.41 Å². The Morgan fingerprint density at radius 1 is 1.24 bits per heavy atom. The zero-order valence-electron chi connectivity index (χ0n) is 10.6. The van der Waals surface area contributed by atoms with E-state index in [0.29, 0.717) is 13.0 Å². The summed E-state index contributed by atoms with van der Waals surface area (Å²) in [7, 11) is 0. The Hall–Kier alpha value is -1.35. The molecule has 3 nitrogen and oxygen atoms in total. The number of rotatable bonds is 2. The molecule has 0 aliphatic carbocycles. The fourth-order valence-corrected chi connectivity index (χ4v) is 2.26. The van der Waals surface area contributed by atoms with E-state index in [2.05, 4.69) is 0 Å². The zero-order chi connectivity index (χ0) is 12.7. The molecule has 1 aromatic carbocycles. The van der Waals surface area contributed by atoms with Crippen LogP contribution in [0.2, 0.25) is 0 Å². The predicted molar refractivity (Wildman–Crippen MR) is 66.0 cm³/mol. The van der Waals surface area contributed by atoms with Gasteiger partial charge in [0.15, 0.2) is 0 Å². The molecule has 1 amide bonds. The van der Waals surface area contributed by atoms with Gasteiger partial charge in [-0.15, -0.1) is 0 Å². The Labute approximate surface area is 102 Å². The van der Waals surface area contributed by atoms with Gasteiger partial charge in [-0.25, -0.2) is 0 Å². The van der Waals surface area contributed by atoms with Crippen LogP contribution >= 0.6 is 0 Å². The van der Waals surface area contributed by atoms with Crippen molar-refractivity contribution in [2.75, 3.05) is 0 Å². The first kappa shape index (κ1) is 12.1. The third kappa shape index (κ3) is 1.95. The van der Waals surface area contributed by atoms with Crippen LogP contribution in [0.3, 0.4) is 0 Å². The lowest BCUT2D eigenvalue weighted by Crippen LogP contribution is -2.49. The summed E-state index contributed by atoms with van der Waals surface area (Å²) in [5, 5.41) is 10.5. The number of carbonyl (C=O) groups is 1. The Morgan fingerprint density at radius 3 is 2.29 bits per heavy atom. The van der Waals surface area contributed by atoms with Gasteiger partial charge < -0.3 is 10.0 Å². The number of carbonyl (C=O) groups excluding carboxylic acids is 1. The molecule has 1 N–H and O–H groups in total. The Bertz CT molecular complexity index is 423. The molecule has 0 saturated carbocycles. The third-order valence-electron chi connectivity index (χ3n) is 3.89. The van der Waals surface area contributed by atoms with E-state index in [1.54, 1.807) is 11.8 Å². The van der Waals surface area contributed by atoms with Gasteiger partial charge in [0, 0.05) is 18.4 Å². The molecule has 0 radical (unpaired) electrons. The van der Waals surface area contributed by atoms with Gasteiger partial charge in [-0.3, -0.25) is 4.79 Å². The van der Waals surface area contributed by atoms with Gasteiger partial charge in [0.1, 0.15) is 5.72 Å². The number of hydrogen-bond acceptors (Lipinski definition) is 2. The SMILES string of the molecule is CC1(C)CC(=O)N(Cc2ccccc2)[C@@]1(C)O. The van der Waals surface area contributed by atoms with Crippen LogP contribution in [-0.2, 0) is 11.3 Å². The van der Waals surface area contributed by atoms with Crippen molar-refractivity contribution >= 4 is 5.91 Å². The molecule has 0 aromatic heterocycles. The predicted octanol–water partition coefficient (Wildman–Crippen LogP) is 2.15. The first-order valence-electron chi connectivity index (χ1n) is 5.91. The maximum absolute atomic E-state index is 12.0. The molecule has 1 fully saturated rings. The summed E-state index contributed by atoms with van der Waals surface area (Å²) in [6.07, 6.45) is 0.396. The first-order valence-corrected chi connectivity index (χ1v) is 5.91. The summed E-state index contributed by atoms with van der Waals surface area (Å²) in [4.78, 5) is 13.5. The van der Waals surface area contributed by atoms with Crippen molar-refractivity contribution in [3.05, 3.63) is 35.9 Å². The normalized spacial score (nSPS) is 27.5. The van der Waals surface area contributed by atoms with Crippen molar-refractivity contribution in [3.63, 3.8) is 0 Å². The van der Waals surface area contributed by atoms with Crippen LogP contribution in [0.15, 0.2) is 30.3 Å². The number of nitrogens with zero attached hydrogens (tertiary/aromatic N) is 1. The lowest BCUT2D eigenvalue weighted by molar-refractivity contribution is -0.155. The van der Waals surface area contributed by atoms with Crippen molar-refractivity contribution in [2.45, 2.75) is 39.5 Å². The Balaban J connectivity index is 2.25. The van der Waals surface area contributed by atoms with Crippen LogP contribution in [0.25, 0.3) is 0 Å². The highest BCUT2D eigenvalue weighted by Gasteiger charge is 2.53. The van der Waals surface area contributed by atoms with Crippen LogP contribution in [0.4, 0.5) is 0 Å². The smallest absolute Gasteiger partial charge is 0.225 e. The fourth-order valence-electron chi connectivity index (χ4n) is 2.26. The topological polar surface area (TPSA) is 40.5 Å². The number of benzene rings is 1. The van der Waals surface area contributed by atoms with Crippen LogP contribution in [0.1, 0.15) is 32.8 Å². The van der Waals surface area contributed by atoms with Crippen LogP contribution in [-0.4, -0.2) is 21.6 Å². The zero-order valence-corrected chi connectivity index (χ0v) is 10.6. The van der Waals surface area contributed by atoms with Crippen LogP contribution in [0, 0.1) is 5.41 Å². The molecule has 2 rings (SSSR count). The minimum absolute atomic E-state index is 0.0175. The summed E-state index contributed by atoms with van der Waals surface area (Å²) in [6, 6.07) is 9.76. The van der Waals surface area contributed by atoms with Gasteiger partial charge >= 0.3 is 0 Å². The van der Waals surface area contributed by atoms with Gasteiger partial charge in [0.2, 0.25) is 5.91 Å². The molecule has 1 atom stereocenters. The molecule has 0 unspecified atom stereocenters. The van der Waals surface area contributed by atoms with E-state index in [4.69, 9.17) is 0 Å². The standard InChI is InChI=1S/C14H19NO2/c1-13(2)9-12(16)15(14(13,3)17)10-11-7-5-4-6-8-11/h4-8,17H,9-10H2,1-3H3/t14-/m0/s1. The highest BCUT2D eigenvalue weighted by Crippen LogP contribution is 2.44. The van der Waals surface area contributed by atoms with Crippen LogP contribution < -0.4 is 0 Å². The number of hydrogen-bond donors (Lipinski definition) is 1. The van der Waals surface area contributed by atoms with Gasteiger partial charge in [-0.2, -0.15) is 0 Å². The summed E-state index contributed by atoms with van der Waals surface area (Å²) in [5.41, 5.74) is -0.447. The van der Waals surface area contributed by atoms with Crippen molar-refractivity contribution in [1.29, 1.82) is 0 Å². The summed E-state index contributed by atoms with van der Waals surface area (Å²) in [5.74, 6) is 0.0175. The molecular weight excluding hydrogens is 214 g/mol. The van der Waals surface area contributed by atoms with Crippen molar-refractivity contribution in [1.82, 2.24) is 4.90 Å². The molecule has 1 heterocycles. The highest BCUT2D eigenvalue weighted by molar-refractivity contribution is 5.80. The summed E-state index contributed by atoms with van der Waals surface area (Å²) < 4.78 is 0. The molecule has 0 spiro atoms. The lowest BCUT2D eigenvalue weighted by Gasteiger charge is -2.38. The lowest BCUT2D eigenvalue weighted by atomic mass is 9.82. The van der Waals surface area contributed by atoms with E-state index in [9.17, 15) is 9.90 Å². The minimum atomic E-state index is -1.08. The van der Waals surface area contributed by atoms with E-state index < -0.39 is 11.1 Å². The molecule has 1 aromatic rings. The molecular formula is C14H19NO2. The van der Waals surface area contributed by atoms with Gasteiger partial charge in [0.05, 0.1) is 0 Å². The molecule has 1 aliphatic heterocycles. The van der Waals surface area contributed by atoms with E-state index in [1.165, 1.54) is 0 Å². The molecule has 1 aliphatic rings. The highest BCUT2D eigenvalue weighted by atomic mass is 16.3. The molecule has 92 valence electrons. The van der Waals surface area contributed by atoms with Crippen molar-refractivity contribution in [3.8, 4) is 0 Å². The quantitative estimate of drug-likeness (QED) is 0.850. The summed E-state index contributed by atoms with van der Waals surface area (Å²) >= 11 is 0. The largest absolute Gasteiger partial charge is 0.370 e. The van der Waals surface area contributed by atoms with Crippen LogP contribution in [0.5, 0.6) is 0 Å². The average molecular weight is 233 g/mol. The first-order chi connectivity index (χ1) is 7.84. The van der Waals surface area contributed by atoms with E-state index in [0.717, 1.165) is 5.56 Å². The second-order valence-corrected chi connectivity index (χ2v) is 5.55. The molecule has 17 heavy (non-hydrogen) atoms. The minimum Gasteiger partial charge on any atom is -0.370 e. The number of aliphatic hydroxyl groups is 1. The molecule has 3 heteroatoms.